The minimum absolute atomic E-state index is 0.0929. The molecule has 0 amide bonds. The molecular formula is C17H17N5O. The molecular weight excluding hydrogens is 290 g/mol. The summed E-state index contributed by atoms with van der Waals surface area (Å²) >= 11 is 0. The predicted molar refractivity (Wildman–Crippen MR) is 87.4 cm³/mol. The van der Waals surface area contributed by atoms with Crippen molar-refractivity contribution in [2.24, 2.45) is 5.92 Å². The number of hydrogen-bond donors (Lipinski definition) is 1. The molecule has 2 aromatic heterocycles. The summed E-state index contributed by atoms with van der Waals surface area (Å²) in [7, 11) is 0. The molecule has 6 nitrogen and oxygen atoms in total. The summed E-state index contributed by atoms with van der Waals surface area (Å²) in [6, 6.07) is 9.56. The molecule has 0 atom stereocenters. The second kappa shape index (κ2) is 5.79. The van der Waals surface area contributed by atoms with E-state index in [1.807, 2.05) is 30.3 Å². The molecule has 0 spiro atoms. The number of nitrogens with one attached hydrogen (secondary N) is 1. The zero-order chi connectivity index (χ0) is 15.6. The first-order valence-electron chi connectivity index (χ1n) is 7.81. The monoisotopic (exact) mass is 307 g/mol. The van der Waals surface area contributed by atoms with Crippen LogP contribution in [0.25, 0.3) is 11.0 Å². The fourth-order valence-electron chi connectivity index (χ4n) is 3.20. The van der Waals surface area contributed by atoms with E-state index in [-0.39, 0.29) is 11.7 Å². The number of H-pyrrole nitrogens is 1. The number of aromatic amines is 1. The Hall–Kier alpha value is -2.76. The number of anilines is 1. The Morgan fingerprint density at radius 1 is 1.13 bits per heavy atom. The fraction of sp³-hybridized carbons (Fsp3) is 0.294. The average molecular weight is 307 g/mol. The molecule has 1 aliphatic rings. The van der Waals surface area contributed by atoms with Gasteiger partial charge in [-0.15, -0.1) is 0 Å². The van der Waals surface area contributed by atoms with Gasteiger partial charge in [-0.1, -0.05) is 30.3 Å². The highest BCUT2D eigenvalue weighted by molar-refractivity contribution is 5.98. The Morgan fingerprint density at radius 3 is 2.70 bits per heavy atom. The van der Waals surface area contributed by atoms with Crippen molar-refractivity contribution in [3.8, 4) is 0 Å². The maximum atomic E-state index is 12.6. The number of aromatic nitrogens is 4. The lowest BCUT2D eigenvalue weighted by molar-refractivity contribution is 0.0900. The molecule has 1 N–H and O–H groups in total. The molecule has 1 fully saturated rings. The van der Waals surface area contributed by atoms with Gasteiger partial charge in [0.1, 0.15) is 12.1 Å². The van der Waals surface area contributed by atoms with Gasteiger partial charge in [-0.2, -0.15) is 5.10 Å². The van der Waals surface area contributed by atoms with E-state index in [0.717, 1.165) is 48.3 Å². The van der Waals surface area contributed by atoms with E-state index in [2.05, 4.69) is 25.1 Å². The zero-order valence-electron chi connectivity index (χ0n) is 12.6. The van der Waals surface area contributed by atoms with Crippen molar-refractivity contribution in [2.45, 2.75) is 12.8 Å². The summed E-state index contributed by atoms with van der Waals surface area (Å²) in [6.07, 6.45) is 5.00. The van der Waals surface area contributed by atoms with Crippen LogP contribution in [0.5, 0.6) is 0 Å². The summed E-state index contributed by atoms with van der Waals surface area (Å²) in [5, 5.41) is 7.83. The van der Waals surface area contributed by atoms with Gasteiger partial charge >= 0.3 is 0 Å². The normalized spacial score (nSPS) is 15.9. The molecule has 3 heterocycles. The molecule has 4 rings (SSSR count). The zero-order valence-corrected chi connectivity index (χ0v) is 12.6. The number of rotatable bonds is 3. The maximum Gasteiger partial charge on any atom is 0.166 e. The number of Topliss-reactive ketones (excluding diaryl/α,β-unsaturated/α-hetero) is 1. The standard InChI is InChI=1S/C17H17N5O/c23-15(12-4-2-1-3-5-12)13-6-8-22(9-7-13)17-14-10-20-21-16(14)18-11-19-17/h1-5,10-11,13H,6-9H2,(H,18,19,20,21). The van der Waals surface area contributed by atoms with Crippen LogP contribution in [0, 0.1) is 5.92 Å². The molecule has 0 unspecified atom stereocenters. The lowest BCUT2D eigenvalue weighted by atomic mass is 9.89. The molecule has 1 saturated heterocycles. The summed E-state index contributed by atoms with van der Waals surface area (Å²) in [6.45, 7) is 1.64. The van der Waals surface area contributed by atoms with Crippen molar-refractivity contribution in [3.63, 3.8) is 0 Å². The SMILES string of the molecule is O=C(c1ccccc1)C1CCN(c2ncnc3[nH]ncc23)CC1. The van der Waals surface area contributed by atoms with Gasteiger partial charge in [-0.3, -0.25) is 9.89 Å². The Kier molecular flexibility index (Phi) is 3.49. The van der Waals surface area contributed by atoms with E-state index in [1.54, 1.807) is 12.5 Å². The van der Waals surface area contributed by atoms with Crippen LogP contribution >= 0.6 is 0 Å². The lowest BCUT2D eigenvalue weighted by Gasteiger charge is -2.32. The van der Waals surface area contributed by atoms with E-state index < -0.39 is 0 Å². The number of hydrogen-bond acceptors (Lipinski definition) is 5. The van der Waals surface area contributed by atoms with Crippen LogP contribution in [0.4, 0.5) is 5.82 Å². The van der Waals surface area contributed by atoms with E-state index in [9.17, 15) is 4.79 Å². The van der Waals surface area contributed by atoms with Crippen molar-refractivity contribution >= 4 is 22.6 Å². The van der Waals surface area contributed by atoms with E-state index in [0.29, 0.717) is 0 Å². The van der Waals surface area contributed by atoms with Crippen LogP contribution in [0.3, 0.4) is 0 Å². The number of piperidine rings is 1. The minimum atomic E-state index is 0.0929. The molecule has 116 valence electrons. The summed E-state index contributed by atoms with van der Waals surface area (Å²) in [5.74, 6) is 1.24. The molecule has 0 radical (unpaired) electrons. The third-order valence-electron chi connectivity index (χ3n) is 4.45. The third kappa shape index (κ3) is 2.56. The third-order valence-corrected chi connectivity index (χ3v) is 4.45. The molecule has 1 aliphatic heterocycles. The molecule has 23 heavy (non-hydrogen) atoms. The molecule has 1 aromatic carbocycles. The number of ketones is 1. The largest absolute Gasteiger partial charge is 0.356 e. The van der Waals surface area contributed by atoms with Gasteiger partial charge < -0.3 is 4.90 Å². The maximum absolute atomic E-state index is 12.6. The Balaban J connectivity index is 1.49. The van der Waals surface area contributed by atoms with Crippen LogP contribution in [0.2, 0.25) is 0 Å². The van der Waals surface area contributed by atoms with Gasteiger partial charge in [0.05, 0.1) is 11.6 Å². The van der Waals surface area contributed by atoms with Crippen molar-refractivity contribution in [1.82, 2.24) is 20.2 Å². The van der Waals surface area contributed by atoms with Crippen LogP contribution in [-0.4, -0.2) is 39.0 Å². The second-order valence-electron chi connectivity index (χ2n) is 5.82. The first kappa shape index (κ1) is 13.9. The van der Waals surface area contributed by atoms with Gasteiger partial charge in [0, 0.05) is 24.6 Å². The summed E-state index contributed by atoms with van der Waals surface area (Å²) < 4.78 is 0. The minimum Gasteiger partial charge on any atom is -0.356 e. The fourth-order valence-corrected chi connectivity index (χ4v) is 3.20. The second-order valence-corrected chi connectivity index (χ2v) is 5.82. The first-order valence-corrected chi connectivity index (χ1v) is 7.81. The highest BCUT2D eigenvalue weighted by Gasteiger charge is 2.27. The number of carbonyl (C=O) groups excluding carboxylic acids is 1. The van der Waals surface area contributed by atoms with Gasteiger partial charge in [-0.25, -0.2) is 9.97 Å². The first-order chi connectivity index (χ1) is 11.3. The average Bonchev–Trinajstić information content (AvgIpc) is 3.11. The predicted octanol–water partition coefficient (Wildman–Crippen LogP) is 2.45. The Labute approximate surface area is 133 Å². The number of benzene rings is 1. The quantitative estimate of drug-likeness (QED) is 0.752. The highest BCUT2D eigenvalue weighted by Crippen LogP contribution is 2.28. The van der Waals surface area contributed by atoms with Gasteiger partial charge in [0.15, 0.2) is 11.4 Å². The summed E-state index contributed by atoms with van der Waals surface area (Å²) in [4.78, 5) is 23.3. The summed E-state index contributed by atoms with van der Waals surface area (Å²) in [5.41, 5.74) is 1.56. The number of nitrogens with zero attached hydrogens (tertiary/aromatic N) is 4. The molecule has 0 bridgehead atoms. The van der Waals surface area contributed by atoms with Crippen LogP contribution < -0.4 is 4.90 Å². The van der Waals surface area contributed by atoms with Crippen molar-refractivity contribution in [2.75, 3.05) is 18.0 Å². The lowest BCUT2D eigenvalue weighted by Crippen LogP contribution is -2.37. The smallest absolute Gasteiger partial charge is 0.166 e. The molecule has 3 aromatic rings. The molecule has 0 aliphatic carbocycles. The van der Waals surface area contributed by atoms with Gasteiger partial charge in [-0.05, 0) is 12.8 Å². The Bertz CT molecular complexity index is 821. The number of carbonyl (C=O) groups is 1. The van der Waals surface area contributed by atoms with Gasteiger partial charge in [0.25, 0.3) is 0 Å². The molecule has 0 saturated carbocycles. The van der Waals surface area contributed by atoms with Crippen molar-refractivity contribution < 1.29 is 4.79 Å². The molecule has 6 heteroatoms. The van der Waals surface area contributed by atoms with Crippen molar-refractivity contribution in [3.05, 3.63) is 48.4 Å². The van der Waals surface area contributed by atoms with Crippen LogP contribution in [-0.2, 0) is 0 Å². The van der Waals surface area contributed by atoms with E-state index in [1.165, 1.54) is 0 Å². The Morgan fingerprint density at radius 2 is 1.91 bits per heavy atom. The van der Waals surface area contributed by atoms with Crippen LogP contribution in [0.15, 0.2) is 42.9 Å². The van der Waals surface area contributed by atoms with Crippen molar-refractivity contribution in [1.29, 1.82) is 0 Å². The topological polar surface area (TPSA) is 74.8 Å². The number of fused-ring (bicyclic) bond motifs is 1. The van der Waals surface area contributed by atoms with E-state index >= 15 is 0 Å². The van der Waals surface area contributed by atoms with Crippen LogP contribution in [0.1, 0.15) is 23.2 Å². The highest BCUT2D eigenvalue weighted by atomic mass is 16.1. The van der Waals surface area contributed by atoms with Gasteiger partial charge in [0.2, 0.25) is 0 Å². The van der Waals surface area contributed by atoms with E-state index in [4.69, 9.17) is 0 Å².